The largest absolute Gasteiger partial charge is 0.462 e. The number of aromatic amines is 1. The summed E-state index contributed by atoms with van der Waals surface area (Å²) >= 11 is 0. The van der Waals surface area contributed by atoms with Crippen molar-refractivity contribution in [3.63, 3.8) is 0 Å². The molecular weight excluding hydrogens is 385 g/mol. The van der Waals surface area contributed by atoms with Crippen LogP contribution in [-0.2, 0) is 4.74 Å². The van der Waals surface area contributed by atoms with Crippen molar-refractivity contribution in [2.45, 2.75) is 6.92 Å². The number of aromatic nitrogens is 3. The molecular formula is C23H16FN3O3. The molecule has 1 N–H and O–H groups in total. The zero-order chi connectivity index (χ0) is 20.8. The number of hydrogen-bond donors (Lipinski definition) is 1. The lowest BCUT2D eigenvalue weighted by Gasteiger charge is -2.05. The number of nitrogens with zero attached hydrogens (tertiary/aromatic N) is 2. The lowest BCUT2D eigenvalue weighted by molar-refractivity contribution is 0.0529. The molecule has 0 radical (unpaired) electrons. The molecule has 0 atom stereocenters. The third kappa shape index (κ3) is 2.59. The second-order valence-electron chi connectivity index (χ2n) is 6.83. The zero-order valence-electron chi connectivity index (χ0n) is 16.0. The van der Waals surface area contributed by atoms with Crippen LogP contribution in [0, 0.1) is 5.82 Å². The summed E-state index contributed by atoms with van der Waals surface area (Å²) in [6.45, 7) is 1.95. The molecule has 30 heavy (non-hydrogen) atoms. The molecule has 2 aliphatic rings. The quantitative estimate of drug-likeness (QED) is 0.458. The minimum absolute atomic E-state index is 0.214. The molecule has 0 amide bonds. The second kappa shape index (κ2) is 6.81. The highest BCUT2D eigenvalue weighted by molar-refractivity contribution is 6.18. The number of carbonyl (C=O) groups is 1. The molecule has 0 spiro atoms. The first kappa shape index (κ1) is 18.1. The third-order valence-corrected chi connectivity index (χ3v) is 5.11. The van der Waals surface area contributed by atoms with Crippen LogP contribution in [0.4, 0.5) is 4.39 Å². The van der Waals surface area contributed by atoms with Crippen LogP contribution in [-0.4, -0.2) is 27.3 Å². The number of ether oxygens (including phenoxy) is 1. The molecule has 5 rings (SSSR count). The number of H-pyrrole nitrogens is 1. The number of benzene rings is 1. The number of pyridine rings is 1. The van der Waals surface area contributed by atoms with Crippen molar-refractivity contribution in [1.29, 1.82) is 0 Å². The molecule has 0 fully saturated rings. The van der Waals surface area contributed by atoms with Gasteiger partial charge in [-0.05, 0) is 42.3 Å². The van der Waals surface area contributed by atoms with Gasteiger partial charge in [-0.15, -0.1) is 0 Å². The van der Waals surface area contributed by atoms with E-state index in [4.69, 9.17) is 4.74 Å². The Morgan fingerprint density at radius 3 is 2.57 bits per heavy atom. The number of rotatable bonds is 3. The lowest BCUT2D eigenvalue weighted by atomic mass is 10.1. The first-order chi connectivity index (χ1) is 14.6. The van der Waals surface area contributed by atoms with E-state index in [-0.39, 0.29) is 17.9 Å². The van der Waals surface area contributed by atoms with E-state index < -0.39 is 5.97 Å². The molecule has 2 heterocycles. The summed E-state index contributed by atoms with van der Waals surface area (Å²) < 4.78 is 20.1. The van der Waals surface area contributed by atoms with Gasteiger partial charge >= 0.3 is 5.97 Å². The molecule has 6 nitrogen and oxygen atoms in total. The molecule has 0 aliphatic heterocycles. The van der Waals surface area contributed by atoms with Crippen molar-refractivity contribution < 1.29 is 13.9 Å². The van der Waals surface area contributed by atoms with Crippen molar-refractivity contribution in [2.75, 3.05) is 6.61 Å². The van der Waals surface area contributed by atoms with Crippen molar-refractivity contribution in [3.8, 4) is 16.8 Å². The average molecular weight is 401 g/mol. The monoisotopic (exact) mass is 401 g/mol. The summed E-state index contributed by atoms with van der Waals surface area (Å²) in [6.07, 6.45) is 1.47. The summed E-state index contributed by atoms with van der Waals surface area (Å²) in [4.78, 5) is 29.4. The number of esters is 1. The van der Waals surface area contributed by atoms with Crippen molar-refractivity contribution in [2.24, 2.45) is 0 Å². The highest BCUT2D eigenvalue weighted by atomic mass is 19.1. The summed E-state index contributed by atoms with van der Waals surface area (Å²) in [5.74, 6) is -0.877. The summed E-state index contributed by atoms with van der Waals surface area (Å²) in [7, 11) is 0. The third-order valence-electron chi connectivity index (χ3n) is 5.11. The van der Waals surface area contributed by atoms with Gasteiger partial charge in [0.2, 0.25) is 5.43 Å². The van der Waals surface area contributed by atoms with Gasteiger partial charge in [-0.2, -0.15) is 5.10 Å². The standard InChI is InChI=1S/C23H16FN3O3/c1-2-30-23(29)19-16-7-5-3-4-6-15(16)18-20(19)26-22-17(21(18)28)12-25-27(22)14-10-8-13(24)9-11-14/h3-12H,2H2,1H3,(H,26,28). The molecule has 0 unspecified atom stereocenters. The molecule has 0 saturated carbocycles. The molecule has 148 valence electrons. The van der Waals surface area contributed by atoms with Crippen LogP contribution in [0.1, 0.15) is 17.3 Å². The van der Waals surface area contributed by atoms with Crippen LogP contribution < -0.4 is 5.43 Å². The number of carbonyl (C=O) groups excluding carboxylic acids is 1. The van der Waals surface area contributed by atoms with E-state index in [1.54, 1.807) is 25.1 Å². The average Bonchev–Trinajstić information content (AvgIpc) is 3.20. The van der Waals surface area contributed by atoms with Crippen LogP contribution in [0.15, 0.2) is 65.6 Å². The first-order valence-electron chi connectivity index (χ1n) is 9.47. The summed E-state index contributed by atoms with van der Waals surface area (Å²) in [5.41, 5.74) is 2.77. The minimum atomic E-state index is -0.508. The van der Waals surface area contributed by atoms with Gasteiger partial charge in [-0.3, -0.25) is 4.79 Å². The predicted molar refractivity (Wildman–Crippen MR) is 112 cm³/mol. The van der Waals surface area contributed by atoms with Crippen LogP contribution >= 0.6 is 0 Å². The number of fused-ring (bicyclic) bond motifs is 4. The Bertz CT molecular complexity index is 1450. The Morgan fingerprint density at radius 2 is 1.83 bits per heavy atom. The van der Waals surface area contributed by atoms with Crippen molar-refractivity contribution in [1.82, 2.24) is 14.8 Å². The minimum Gasteiger partial charge on any atom is -0.462 e. The molecule has 0 bridgehead atoms. The van der Waals surface area contributed by atoms with E-state index in [0.29, 0.717) is 44.3 Å². The molecule has 2 aromatic heterocycles. The predicted octanol–water partition coefficient (Wildman–Crippen LogP) is 4.29. The van der Waals surface area contributed by atoms with Gasteiger partial charge in [0, 0.05) is 0 Å². The van der Waals surface area contributed by atoms with Crippen LogP contribution in [0.3, 0.4) is 0 Å². The van der Waals surface area contributed by atoms with E-state index in [9.17, 15) is 14.0 Å². The SMILES string of the molecule is CCOC(=O)c1c2cccccc-2c2c(=O)c3cnn(-c4ccc(F)cc4)c3[nH]c12. The summed E-state index contributed by atoms with van der Waals surface area (Å²) in [5, 5.41) is 5.10. The Morgan fingerprint density at radius 1 is 1.10 bits per heavy atom. The van der Waals surface area contributed by atoms with E-state index in [1.807, 2.05) is 24.3 Å². The van der Waals surface area contributed by atoms with Crippen molar-refractivity contribution in [3.05, 3.63) is 82.4 Å². The molecule has 7 heteroatoms. The molecule has 3 aromatic rings. The number of nitrogens with one attached hydrogen (secondary N) is 1. The van der Waals surface area contributed by atoms with E-state index >= 15 is 0 Å². The molecule has 1 aromatic carbocycles. The lowest BCUT2D eigenvalue weighted by Crippen LogP contribution is -2.08. The normalized spacial score (nSPS) is 11.4. The highest BCUT2D eigenvalue weighted by Gasteiger charge is 2.27. The van der Waals surface area contributed by atoms with Crippen LogP contribution in [0.25, 0.3) is 38.8 Å². The zero-order valence-corrected chi connectivity index (χ0v) is 16.0. The maximum absolute atomic E-state index is 13.4. The van der Waals surface area contributed by atoms with Gasteiger partial charge in [0.05, 0.1) is 40.3 Å². The molecule has 2 aliphatic carbocycles. The smallest absolute Gasteiger partial charge is 0.340 e. The van der Waals surface area contributed by atoms with Gasteiger partial charge in [0.25, 0.3) is 0 Å². The maximum Gasteiger partial charge on any atom is 0.340 e. The Hall–Kier alpha value is -4.00. The highest BCUT2D eigenvalue weighted by Crippen LogP contribution is 2.37. The second-order valence-corrected chi connectivity index (χ2v) is 6.83. The van der Waals surface area contributed by atoms with Gasteiger partial charge in [-0.25, -0.2) is 13.9 Å². The first-order valence-corrected chi connectivity index (χ1v) is 9.47. The van der Waals surface area contributed by atoms with E-state index in [1.165, 1.54) is 23.0 Å². The van der Waals surface area contributed by atoms with Crippen LogP contribution in [0.5, 0.6) is 0 Å². The van der Waals surface area contributed by atoms with Gasteiger partial charge in [0.15, 0.2) is 0 Å². The number of halogens is 1. The van der Waals surface area contributed by atoms with E-state index in [0.717, 1.165) is 0 Å². The topological polar surface area (TPSA) is 77.0 Å². The maximum atomic E-state index is 13.4. The fourth-order valence-corrected chi connectivity index (χ4v) is 3.82. The van der Waals surface area contributed by atoms with Gasteiger partial charge < -0.3 is 9.72 Å². The fraction of sp³-hybridized carbons (Fsp3) is 0.0870. The van der Waals surface area contributed by atoms with Gasteiger partial charge in [0.1, 0.15) is 11.5 Å². The van der Waals surface area contributed by atoms with E-state index in [2.05, 4.69) is 10.1 Å². The Kier molecular flexibility index (Phi) is 4.10. The Balaban J connectivity index is 1.91. The summed E-state index contributed by atoms with van der Waals surface area (Å²) in [6, 6.07) is 14.9. The fourth-order valence-electron chi connectivity index (χ4n) is 3.82. The Labute approximate surface area is 169 Å². The van der Waals surface area contributed by atoms with Crippen molar-refractivity contribution >= 4 is 27.9 Å². The van der Waals surface area contributed by atoms with Gasteiger partial charge in [-0.1, -0.05) is 30.3 Å². The van der Waals surface area contributed by atoms with Crippen LogP contribution in [0.2, 0.25) is 0 Å². The molecule has 0 saturated heterocycles. The number of hydrogen-bond acceptors (Lipinski definition) is 4.